The normalized spacial score (nSPS) is 14.9. The van der Waals surface area contributed by atoms with Crippen LogP contribution in [0.2, 0.25) is 0 Å². The van der Waals surface area contributed by atoms with Gasteiger partial charge in [-0.3, -0.25) is 9.59 Å². The lowest BCUT2D eigenvalue weighted by Gasteiger charge is -2.15. The molecule has 2 amide bonds. The number of ether oxygens (including phenoxy) is 1. The van der Waals surface area contributed by atoms with Gasteiger partial charge in [0.2, 0.25) is 10.0 Å². The van der Waals surface area contributed by atoms with Crippen LogP contribution in [0.5, 0.6) is 5.75 Å². The summed E-state index contributed by atoms with van der Waals surface area (Å²) in [6.07, 6.45) is 0. The summed E-state index contributed by atoms with van der Waals surface area (Å²) in [5.74, 6) is -0.656. The second kappa shape index (κ2) is 7.15. The molecule has 0 aromatic heterocycles. The first-order chi connectivity index (χ1) is 12.7. The number of carbonyl (C=O) groups is 2. The third-order valence-corrected chi connectivity index (χ3v) is 5.18. The van der Waals surface area contributed by atoms with Crippen molar-refractivity contribution < 1.29 is 22.7 Å². The summed E-state index contributed by atoms with van der Waals surface area (Å²) in [5, 5.41) is 4.85. The number of sulfonamides is 1. The molecule has 1 heterocycles. The maximum atomic E-state index is 12.8. The van der Waals surface area contributed by atoms with Gasteiger partial charge in [-0.1, -0.05) is 23.7 Å². The zero-order valence-corrected chi connectivity index (χ0v) is 15.8. The molecule has 2 aromatic carbocycles. The fraction of sp³-hybridized carbons (Fsp3) is 0.111. The zero-order chi connectivity index (χ0) is 19.8. The van der Waals surface area contributed by atoms with Crippen LogP contribution in [0.1, 0.15) is 12.5 Å². The molecule has 140 valence electrons. The van der Waals surface area contributed by atoms with Crippen molar-refractivity contribution in [2.45, 2.75) is 11.8 Å². The van der Waals surface area contributed by atoms with Crippen molar-refractivity contribution in [3.63, 3.8) is 0 Å². The molecule has 0 saturated heterocycles. The molecule has 0 atom stereocenters. The minimum Gasteiger partial charge on any atom is -0.494 e. The molecule has 0 bridgehead atoms. The van der Waals surface area contributed by atoms with Gasteiger partial charge in [-0.05, 0) is 48.9 Å². The summed E-state index contributed by atoms with van der Waals surface area (Å²) in [5.41, 5.74) is 0.738. The molecule has 2 aromatic rings. The smallest absolute Gasteiger partial charge is 0.277 e. The number of imide groups is 1. The molecule has 1 aliphatic heterocycles. The van der Waals surface area contributed by atoms with E-state index in [9.17, 15) is 18.0 Å². The van der Waals surface area contributed by atoms with Crippen molar-refractivity contribution in [3.8, 4) is 5.75 Å². The van der Waals surface area contributed by atoms with E-state index in [1.165, 1.54) is 24.3 Å². The molecule has 0 spiro atoms. The number of anilines is 1. The van der Waals surface area contributed by atoms with Gasteiger partial charge >= 0.3 is 0 Å². The first-order valence-electron chi connectivity index (χ1n) is 7.88. The summed E-state index contributed by atoms with van der Waals surface area (Å²) < 4.78 is 28.1. The Balaban J connectivity index is 1.94. The Bertz CT molecular complexity index is 1040. The Morgan fingerprint density at radius 1 is 1.00 bits per heavy atom. The number of carbonyl (C=O) groups excluding carboxylic acids is 2. The number of benzene rings is 2. The van der Waals surface area contributed by atoms with Crippen LogP contribution in [0.25, 0.3) is 5.57 Å². The second-order valence-corrected chi connectivity index (χ2v) is 7.57. The lowest BCUT2D eigenvalue weighted by Crippen LogP contribution is -2.31. The van der Waals surface area contributed by atoms with E-state index in [4.69, 9.17) is 21.5 Å². The summed E-state index contributed by atoms with van der Waals surface area (Å²) in [6, 6.07) is 11.7. The largest absolute Gasteiger partial charge is 0.494 e. The van der Waals surface area contributed by atoms with Crippen LogP contribution in [0.4, 0.5) is 5.69 Å². The maximum Gasteiger partial charge on any atom is 0.277 e. The van der Waals surface area contributed by atoms with Gasteiger partial charge in [0.25, 0.3) is 11.8 Å². The van der Waals surface area contributed by atoms with E-state index < -0.39 is 21.8 Å². The molecular formula is C18H15ClN2O5S. The monoisotopic (exact) mass is 406 g/mol. The molecule has 0 radical (unpaired) electrons. The van der Waals surface area contributed by atoms with Crippen LogP contribution in [0.15, 0.2) is 58.5 Å². The van der Waals surface area contributed by atoms with Crippen molar-refractivity contribution in [1.29, 1.82) is 0 Å². The fourth-order valence-electron chi connectivity index (χ4n) is 2.66. The van der Waals surface area contributed by atoms with Crippen molar-refractivity contribution in [2.75, 3.05) is 11.5 Å². The van der Waals surface area contributed by atoms with Gasteiger partial charge < -0.3 is 4.74 Å². The number of halogens is 1. The highest BCUT2D eigenvalue weighted by atomic mass is 35.5. The molecular weight excluding hydrogens is 392 g/mol. The molecule has 9 heteroatoms. The summed E-state index contributed by atoms with van der Waals surface area (Å²) in [6.45, 7) is 2.36. The van der Waals surface area contributed by atoms with E-state index in [1.54, 1.807) is 24.3 Å². The highest BCUT2D eigenvalue weighted by Gasteiger charge is 2.39. The summed E-state index contributed by atoms with van der Waals surface area (Å²) >= 11 is 6.13. The van der Waals surface area contributed by atoms with E-state index in [-0.39, 0.29) is 21.2 Å². The second-order valence-electron chi connectivity index (χ2n) is 5.63. The summed E-state index contributed by atoms with van der Waals surface area (Å²) in [7, 11) is -3.88. The molecule has 1 aliphatic rings. The van der Waals surface area contributed by atoms with E-state index in [1.807, 2.05) is 6.92 Å². The standard InChI is InChI=1S/C18H15ClN2O5S/c1-2-26-13-7-3-11(4-8-13)15-16(19)18(23)21(17(15)22)12-5-9-14(10-6-12)27(20,24)25/h3-10H,2H2,1H3,(H2,20,24,25). The number of nitrogens with two attached hydrogens (primary N) is 1. The Kier molecular flexibility index (Phi) is 5.05. The van der Waals surface area contributed by atoms with E-state index in [0.717, 1.165) is 4.90 Å². The number of hydrogen-bond donors (Lipinski definition) is 1. The molecule has 0 aliphatic carbocycles. The van der Waals surface area contributed by atoms with Crippen LogP contribution < -0.4 is 14.8 Å². The number of rotatable bonds is 5. The first-order valence-corrected chi connectivity index (χ1v) is 9.81. The Labute approximate surface area is 161 Å². The molecule has 0 saturated carbocycles. The van der Waals surface area contributed by atoms with Gasteiger partial charge in [-0.25, -0.2) is 18.5 Å². The highest BCUT2D eigenvalue weighted by molar-refractivity contribution is 7.89. The van der Waals surface area contributed by atoms with Crippen LogP contribution in [-0.2, 0) is 19.6 Å². The topological polar surface area (TPSA) is 107 Å². The van der Waals surface area contributed by atoms with Gasteiger partial charge in [0.05, 0.1) is 22.8 Å². The van der Waals surface area contributed by atoms with Crippen LogP contribution in [0.3, 0.4) is 0 Å². The predicted molar refractivity (Wildman–Crippen MR) is 101 cm³/mol. The third-order valence-electron chi connectivity index (χ3n) is 3.90. The molecule has 7 nitrogen and oxygen atoms in total. The lowest BCUT2D eigenvalue weighted by molar-refractivity contribution is -0.119. The van der Waals surface area contributed by atoms with Gasteiger partial charge in [0.1, 0.15) is 10.8 Å². The third kappa shape index (κ3) is 3.59. The Morgan fingerprint density at radius 2 is 1.59 bits per heavy atom. The SMILES string of the molecule is CCOc1ccc(C2=C(Cl)C(=O)N(c3ccc(S(N)(=O)=O)cc3)C2=O)cc1. The average Bonchev–Trinajstić information content (AvgIpc) is 2.85. The minimum absolute atomic E-state index is 0.0697. The quantitative estimate of drug-likeness (QED) is 0.766. The van der Waals surface area contributed by atoms with Gasteiger partial charge in [0.15, 0.2) is 0 Å². The van der Waals surface area contributed by atoms with Crippen molar-refractivity contribution in [2.24, 2.45) is 5.14 Å². The average molecular weight is 407 g/mol. The molecule has 0 unspecified atom stereocenters. The zero-order valence-electron chi connectivity index (χ0n) is 14.2. The minimum atomic E-state index is -3.88. The number of primary sulfonamides is 1. The van der Waals surface area contributed by atoms with E-state index >= 15 is 0 Å². The predicted octanol–water partition coefficient (Wildman–Crippen LogP) is 2.26. The Hall–Kier alpha value is -2.68. The lowest BCUT2D eigenvalue weighted by atomic mass is 10.1. The first kappa shape index (κ1) is 19.1. The molecule has 2 N–H and O–H groups in total. The van der Waals surface area contributed by atoms with E-state index in [0.29, 0.717) is 17.9 Å². The Morgan fingerprint density at radius 3 is 2.11 bits per heavy atom. The van der Waals surface area contributed by atoms with Crippen molar-refractivity contribution in [3.05, 3.63) is 59.1 Å². The maximum absolute atomic E-state index is 12.8. The van der Waals surface area contributed by atoms with Crippen molar-refractivity contribution in [1.82, 2.24) is 0 Å². The number of amides is 2. The van der Waals surface area contributed by atoms with Crippen LogP contribution in [-0.4, -0.2) is 26.8 Å². The van der Waals surface area contributed by atoms with Gasteiger partial charge in [-0.15, -0.1) is 0 Å². The highest BCUT2D eigenvalue weighted by Crippen LogP contribution is 2.35. The number of nitrogens with zero attached hydrogens (tertiary/aromatic N) is 1. The van der Waals surface area contributed by atoms with Gasteiger partial charge in [0, 0.05) is 0 Å². The van der Waals surface area contributed by atoms with Crippen LogP contribution >= 0.6 is 11.6 Å². The van der Waals surface area contributed by atoms with Crippen LogP contribution in [0, 0.1) is 0 Å². The summed E-state index contributed by atoms with van der Waals surface area (Å²) in [4.78, 5) is 26.1. The molecule has 0 fully saturated rings. The fourth-order valence-corrected chi connectivity index (χ4v) is 3.45. The van der Waals surface area contributed by atoms with Gasteiger partial charge in [-0.2, -0.15) is 0 Å². The van der Waals surface area contributed by atoms with E-state index in [2.05, 4.69) is 0 Å². The molecule has 3 rings (SSSR count). The van der Waals surface area contributed by atoms with Crippen molar-refractivity contribution >= 4 is 44.7 Å². The number of hydrogen-bond acceptors (Lipinski definition) is 5. The molecule has 27 heavy (non-hydrogen) atoms.